The van der Waals surface area contributed by atoms with Gasteiger partial charge in [-0.3, -0.25) is 0 Å². The molecule has 0 fully saturated rings. The van der Waals surface area contributed by atoms with Gasteiger partial charge in [-0.2, -0.15) is 0 Å². The molecule has 0 aliphatic carbocycles. The van der Waals surface area contributed by atoms with E-state index in [2.05, 4.69) is 33.7 Å². The van der Waals surface area contributed by atoms with Gasteiger partial charge in [0.15, 0.2) is 0 Å². The van der Waals surface area contributed by atoms with E-state index in [1.54, 1.807) is 17.7 Å². The number of rotatable bonds is 4. The number of aryl methyl sites for hydroxylation is 1. The Hall–Kier alpha value is -2.14. The quantitative estimate of drug-likeness (QED) is 0.720. The van der Waals surface area contributed by atoms with Crippen LogP contribution in [0, 0.1) is 0 Å². The maximum absolute atomic E-state index is 5.78. The van der Waals surface area contributed by atoms with Gasteiger partial charge in [-0.15, -0.1) is 11.3 Å². The third kappa shape index (κ3) is 2.44. The summed E-state index contributed by atoms with van der Waals surface area (Å²) >= 11 is 1.78. The van der Waals surface area contributed by atoms with E-state index in [1.807, 2.05) is 18.2 Å². The molecular weight excluding hydrogens is 268 g/mol. The molecule has 0 aliphatic heterocycles. The van der Waals surface area contributed by atoms with Crippen LogP contribution in [0.15, 0.2) is 36.0 Å². The van der Waals surface area contributed by atoms with Gasteiger partial charge in [0.25, 0.3) is 0 Å². The first kappa shape index (κ1) is 12.9. The summed E-state index contributed by atoms with van der Waals surface area (Å²) in [6.07, 6.45) is 2.63. The Bertz CT molecular complexity index is 736. The molecule has 4 nitrogen and oxygen atoms in total. The van der Waals surface area contributed by atoms with Gasteiger partial charge in [0, 0.05) is 16.0 Å². The van der Waals surface area contributed by atoms with Crippen molar-refractivity contribution >= 4 is 33.7 Å². The molecule has 0 radical (unpaired) electrons. The van der Waals surface area contributed by atoms with E-state index in [1.165, 1.54) is 10.4 Å². The number of nitrogens with one attached hydrogen (secondary N) is 1. The van der Waals surface area contributed by atoms with Crippen molar-refractivity contribution in [2.75, 3.05) is 11.1 Å². The molecule has 5 heteroatoms. The monoisotopic (exact) mass is 284 g/mol. The number of fused-ring (bicyclic) bond motifs is 1. The van der Waals surface area contributed by atoms with Gasteiger partial charge in [-0.25, -0.2) is 9.97 Å². The van der Waals surface area contributed by atoms with Crippen molar-refractivity contribution in [3.05, 3.63) is 46.4 Å². The Morgan fingerprint density at radius 3 is 3.00 bits per heavy atom. The fourth-order valence-corrected chi connectivity index (χ4v) is 3.13. The molecule has 3 N–H and O–H groups in total. The zero-order chi connectivity index (χ0) is 13.9. The summed E-state index contributed by atoms with van der Waals surface area (Å²) in [4.78, 5) is 9.94. The molecule has 0 amide bonds. The minimum absolute atomic E-state index is 0.716. The van der Waals surface area contributed by atoms with E-state index in [0.29, 0.717) is 5.69 Å². The number of anilines is 2. The molecule has 3 rings (SSSR count). The molecule has 102 valence electrons. The normalized spacial score (nSPS) is 10.8. The summed E-state index contributed by atoms with van der Waals surface area (Å²) < 4.78 is 0. The van der Waals surface area contributed by atoms with Crippen LogP contribution < -0.4 is 11.1 Å². The lowest BCUT2D eigenvalue weighted by molar-refractivity contribution is 1.06. The fourth-order valence-electron chi connectivity index (χ4n) is 2.22. The molecule has 2 heterocycles. The first-order valence-corrected chi connectivity index (χ1v) is 7.45. The molecule has 0 saturated carbocycles. The van der Waals surface area contributed by atoms with Gasteiger partial charge in [-0.05, 0) is 41.6 Å². The summed E-state index contributed by atoms with van der Waals surface area (Å²) in [7, 11) is 0. The Morgan fingerprint density at radius 2 is 2.15 bits per heavy atom. The van der Waals surface area contributed by atoms with Gasteiger partial charge >= 0.3 is 0 Å². The third-order valence-corrected chi connectivity index (χ3v) is 4.26. The highest BCUT2D eigenvalue weighted by Crippen LogP contribution is 2.23. The second kappa shape index (κ2) is 5.46. The number of hydrogen-bond donors (Lipinski definition) is 2. The topological polar surface area (TPSA) is 63.8 Å². The van der Waals surface area contributed by atoms with Gasteiger partial charge in [0.05, 0.1) is 12.1 Å². The van der Waals surface area contributed by atoms with E-state index < -0.39 is 0 Å². The minimum Gasteiger partial charge on any atom is -0.399 e. The highest BCUT2D eigenvalue weighted by atomic mass is 32.1. The molecule has 0 unspecified atom stereocenters. The Balaban J connectivity index is 1.88. The lowest BCUT2D eigenvalue weighted by Crippen LogP contribution is -2.03. The SMILES string of the molecule is CCc1ccsc1CNc1ncnc2cc(N)ccc12. The van der Waals surface area contributed by atoms with Crippen LogP contribution in [0.25, 0.3) is 10.9 Å². The number of nitrogens with zero attached hydrogens (tertiary/aromatic N) is 2. The van der Waals surface area contributed by atoms with Crippen LogP contribution in [0.1, 0.15) is 17.4 Å². The van der Waals surface area contributed by atoms with Crippen molar-refractivity contribution in [2.45, 2.75) is 19.9 Å². The van der Waals surface area contributed by atoms with E-state index >= 15 is 0 Å². The van der Waals surface area contributed by atoms with Gasteiger partial charge in [0.2, 0.25) is 0 Å². The molecule has 3 aromatic rings. The first-order valence-electron chi connectivity index (χ1n) is 6.57. The summed E-state index contributed by atoms with van der Waals surface area (Å²) in [6.45, 7) is 2.96. The zero-order valence-electron chi connectivity index (χ0n) is 11.3. The Labute approximate surface area is 121 Å². The highest BCUT2D eigenvalue weighted by Gasteiger charge is 2.06. The molecule has 0 spiro atoms. The average molecular weight is 284 g/mol. The molecular formula is C15H16N4S. The van der Waals surface area contributed by atoms with Crippen LogP contribution in [0.5, 0.6) is 0 Å². The Morgan fingerprint density at radius 1 is 1.25 bits per heavy atom. The van der Waals surface area contributed by atoms with Crippen molar-refractivity contribution in [2.24, 2.45) is 0 Å². The molecule has 1 aromatic carbocycles. The molecule has 0 aliphatic rings. The van der Waals surface area contributed by atoms with Crippen LogP contribution >= 0.6 is 11.3 Å². The summed E-state index contributed by atoms with van der Waals surface area (Å²) in [6, 6.07) is 7.88. The standard InChI is InChI=1S/C15H16N4S/c1-2-10-5-6-20-14(10)8-17-15-12-4-3-11(16)7-13(12)18-9-19-15/h3-7,9H,2,8,16H2,1H3,(H,17,18,19). The third-order valence-electron chi connectivity index (χ3n) is 3.30. The molecule has 0 bridgehead atoms. The number of nitrogen functional groups attached to an aromatic ring is 1. The predicted molar refractivity (Wildman–Crippen MR) is 85.0 cm³/mol. The predicted octanol–water partition coefficient (Wildman–Crippen LogP) is 3.45. The van der Waals surface area contributed by atoms with Crippen LogP contribution in [-0.4, -0.2) is 9.97 Å². The van der Waals surface area contributed by atoms with Crippen LogP contribution in [0.3, 0.4) is 0 Å². The first-order chi connectivity index (χ1) is 9.78. The number of hydrogen-bond acceptors (Lipinski definition) is 5. The molecule has 20 heavy (non-hydrogen) atoms. The van der Waals surface area contributed by atoms with Gasteiger partial charge in [-0.1, -0.05) is 6.92 Å². The minimum atomic E-state index is 0.716. The van der Waals surface area contributed by atoms with Crippen molar-refractivity contribution in [3.8, 4) is 0 Å². The lowest BCUT2D eigenvalue weighted by atomic mass is 10.2. The van der Waals surface area contributed by atoms with E-state index in [0.717, 1.165) is 29.7 Å². The molecule has 0 atom stereocenters. The molecule has 0 saturated heterocycles. The van der Waals surface area contributed by atoms with Crippen LogP contribution in [0.2, 0.25) is 0 Å². The number of benzene rings is 1. The van der Waals surface area contributed by atoms with Crippen molar-refractivity contribution < 1.29 is 0 Å². The van der Waals surface area contributed by atoms with Gasteiger partial charge < -0.3 is 11.1 Å². The van der Waals surface area contributed by atoms with E-state index in [4.69, 9.17) is 5.73 Å². The molecule has 2 aromatic heterocycles. The van der Waals surface area contributed by atoms with E-state index in [9.17, 15) is 0 Å². The Kier molecular flexibility index (Phi) is 3.52. The summed E-state index contributed by atoms with van der Waals surface area (Å²) in [5, 5.41) is 6.53. The number of thiophene rings is 1. The van der Waals surface area contributed by atoms with Crippen molar-refractivity contribution in [1.82, 2.24) is 9.97 Å². The fraction of sp³-hybridized carbons (Fsp3) is 0.200. The van der Waals surface area contributed by atoms with Crippen molar-refractivity contribution in [1.29, 1.82) is 0 Å². The smallest absolute Gasteiger partial charge is 0.137 e. The number of nitrogens with two attached hydrogens (primary N) is 1. The second-order valence-electron chi connectivity index (χ2n) is 4.57. The maximum Gasteiger partial charge on any atom is 0.137 e. The average Bonchev–Trinajstić information content (AvgIpc) is 2.92. The van der Waals surface area contributed by atoms with Gasteiger partial charge in [0.1, 0.15) is 12.1 Å². The highest BCUT2D eigenvalue weighted by molar-refractivity contribution is 7.10. The summed E-state index contributed by atoms with van der Waals surface area (Å²) in [5.41, 5.74) is 8.76. The lowest BCUT2D eigenvalue weighted by Gasteiger charge is -2.08. The van der Waals surface area contributed by atoms with Crippen LogP contribution in [0.4, 0.5) is 11.5 Å². The maximum atomic E-state index is 5.78. The number of aromatic nitrogens is 2. The van der Waals surface area contributed by atoms with Crippen molar-refractivity contribution in [3.63, 3.8) is 0 Å². The second-order valence-corrected chi connectivity index (χ2v) is 5.58. The largest absolute Gasteiger partial charge is 0.399 e. The van der Waals surface area contributed by atoms with E-state index in [-0.39, 0.29) is 0 Å². The summed E-state index contributed by atoms with van der Waals surface area (Å²) in [5.74, 6) is 0.852. The zero-order valence-corrected chi connectivity index (χ0v) is 12.1. The van der Waals surface area contributed by atoms with Crippen LogP contribution in [-0.2, 0) is 13.0 Å².